The lowest BCUT2D eigenvalue weighted by atomic mass is 10.1. The van der Waals surface area contributed by atoms with E-state index in [2.05, 4.69) is 0 Å². The minimum atomic E-state index is -2.88. The molecule has 0 unspecified atom stereocenters. The Labute approximate surface area is 124 Å². The molecule has 0 saturated heterocycles. The number of carbonyl (C=O) groups excluding carboxylic acids is 1. The predicted octanol–water partition coefficient (Wildman–Crippen LogP) is 3.06. The van der Waals surface area contributed by atoms with Crippen molar-refractivity contribution in [3.8, 4) is 5.75 Å². The number of aliphatic hydroxyl groups excluding tert-OH is 1. The number of hydrogen-bond donors (Lipinski definition) is 1. The van der Waals surface area contributed by atoms with Gasteiger partial charge in [0.2, 0.25) is 0 Å². The predicted molar refractivity (Wildman–Crippen MR) is 80.5 cm³/mol. The highest BCUT2D eigenvalue weighted by Crippen LogP contribution is 2.50. The molecule has 7 heteroatoms. The first-order valence-electron chi connectivity index (χ1n) is 6.29. The molecule has 0 spiro atoms. The summed E-state index contributed by atoms with van der Waals surface area (Å²) in [5.74, 6) is 0.294. The fourth-order valence-electron chi connectivity index (χ4n) is 1.54. The Morgan fingerprint density at radius 3 is 2.35 bits per heavy atom. The third kappa shape index (κ3) is 4.65. The molecule has 0 atom stereocenters. The van der Waals surface area contributed by atoms with Crippen LogP contribution in [0.15, 0.2) is 18.2 Å². The molecule has 0 fully saturated rings. The molecular weight excluding hydrogens is 299 g/mol. The van der Waals surface area contributed by atoms with Gasteiger partial charge in [-0.2, -0.15) is 0 Å². The van der Waals surface area contributed by atoms with Crippen LogP contribution >= 0.6 is 6.72 Å². The molecule has 112 valence electrons. The van der Waals surface area contributed by atoms with Crippen LogP contribution in [0.25, 0.3) is 0 Å². The molecule has 0 aromatic heterocycles. The van der Waals surface area contributed by atoms with Gasteiger partial charge in [0.1, 0.15) is 5.75 Å². The molecule has 0 amide bonds. The zero-order valence-electron chi connectivity index (χ0n) is 11.8. The van der Waals surface area contributed by atoms with Crippen molar-refractivity contribution in [3.63, 3.8) is 0 Å². The fraction of sp³-hybridized carbons (Fsp3) is 0.462. The topological polar surface area (TPSA) is 65.0 Å². The quantitative estimate of drug-likeness (QED) is 0.587. The van der Waals surface area contributed by atoms with E-state index in [1.807, 2.05) is 0 Å². The Hall–Kier alpha value is -0.780. The first-order chi connectivity index (χ1) is 9.45. The number of hydrogen-bond acceptors (Lipinski definition) is 6. The summed E-state index contributed by atoms with van der Waals surface area (Å²) < 4.78 is 16.4. The lowest BCUT2D eigenvalue weighted by molar-refractivity contribution is 0.101. The van der Waals surface area contributed by atoms with Crippen molar-refractivity contribution < 1.29 is 23.5 Å². The van der Waals surface area contributed by atoms with Crippen molar-refractivity contribution in [2.75, 3.05) is 13.2 Å². The van der Waals surface area contributed by atoms with Gasteiger partial charge in [-0.25, -0.2) is 0 Å². The molecule has 0 aliphatic rings. The molecule has 0 radical (unpaired) electrons. The van der Waals surface area contributed by atoms with Crippen molar-refractivity contribution in [1.82, 2.24) is 0 Å². The lowest BCUT2D eigenvalue weighted by Gasteiger charge is -2.22. The van der Waals surface area contributed by atoms with Crippen LogP contribution in [0.2, 0.25) is 0 Å². The Morgan fingerprint density at radius 1 is 1.30 bits per heavy atom. The van der Waals surface area contributed by atoms with E-state index in [9.17, 15) is 9.90 Å². The van der Waals surface area contributed by atoms with E-state index in [-0.39, 0.29) is 12.4 Å². The fourth-order valence-corrected chi connectivity index (χ4v) is 3.64. The van der Waals surface area contributed by atoms with Crippen LogP contribution in [0.4, 0.5) is 0 Å². The lowest BCUT2D eigenvalue weighted by Crippen LogP contribution is -2.04. The molecule has 20 heavy (non-hydrogen) atoms. The van der Waals surface area contributed by atoms with Crippen molar-refractivity contribution in [2.45, 2.75) is 27.4 Å². The molecule has 0 saturated carbocycles. The van der Waals surface area contributed by atoms with Gasteiger partial charge in [0.15, 0.2) is 5.78 Å². The third-order valence-corrected chi connectivity index (χ3v) is 4.85. The van der Waals surface area contributed by atoms with Gasteiger partial charge in [-0.3, -0.25) is 13.8 Å². The normalized spacial score (nSPS) is 11.4. The second kappa shape index (κ2) is 7.86. The number of benzene rings is 1. The van der Waals surface area contributed by atoms with Gasteiger partial charge in [-0.15, -0.1) is 0 Å². The molecule has 5 nitrogen and oxygen atoms in total. The first kappa shape index (κ1) is 17.3. The summed E-state index contributed by atoms with van der Waals surface area (Å²) >= 11 is 5.27. The van der Waals surface area contributed by atoms with Crippen molar-refractivity contribution in [2.24, 2.45) is 0 Å². The van der Waals surface area contributed by atoms with E-state index < -0.39 is 6.72 Å². The summed E-state index contributed by atoms with van der Waals surface area (Å²) in [7, 11) is 0. The van der Waals surface area contributed by atoms with Gasteiger partial charge >= 0.3 is 6.72 Å². The van der Waals surface area contributed by atoms with E-state index in [1.54, 1.807) is 32.0 Å². The Balaban J connectivity index is 3.06. The Kier molecular flexibility index (Phi) is 6.79. The van der Waals surface area contributed by atoms with Gasteiger partial charge in [0, 0.05) is 22.9 Å². The van der Waals surface area contributed by atoms with Crippen molar-refractivity contribution in [1.29, 1.82) is 0 Å². The van der Waals surface area contributed by atoms with Crippen LogP contribution in [0, 0.1) is 0 Å². The van der Waals surface area contributed by atoms with Crippen LogP contribution in [-0.4, -0.2) is 24.1 Å². The van der Waals surface area contributed by atoms with Gasteiger partial charge in [-0.1, -0.05) is 0 Å². The van der Waals surface area contributed by atoms with E-state index in [0.717, 1.165) is 0 Å². The van der Waals surface area contributed by atoms with Gasteiger partial charge < -0.3 is 9.63 Å². The second-order valence-electron chi connectivity index (χ2n) is 3.91. The summed E-state index contributed by atoms with van der Waals surface area (Å²) in [5.41, 5.74) is 0.980. The molecule has 1 N–H and O–H groups in total. The average Bonchev–Trinajstić information content (AvgIpc) is 2.39. The molecule has 0 heterocycles. The maximum Gasteiger partial charge on any atom is 0.380 e. The number of aliphatic hydroxyl groups is 1. The third-order valence-electron chi connectivity index (χ3n) is 2.42. The van der Waals surface area contributed by atoms with Crippen LogP contribution < -0.4 is 4.52 Å². The van der Waals surface area contributed by atoms with Gasteiger partial charge in [0.25, 0.3) is 0 Å². The zero-order valence-corrected chi connectivity index (χ0v) is 13.5. The van der Waals surface area contributed by atoms with E-state index in [4.69, 9.17) is 25.4 Å². The Bertz CT molecular complexity index is 507. The van der Waals surface area contributed by atoms with Crippen molar-refractivity contribution >= 4 is 24.3 Å². The van der Waals surface area contributed by atoms with Crippen LogP contribution in [-0.2, 0) is 27.5 Å². The average molecular weight is 318 g/mol. The minimum Gasteiger partial charge on any atom is -0.424 e. The van der Waals surface area contributed by atoms with E-state index >= 15 is 0 Å². The molecular formula is C13H19O5PS. The molecule has 1 aromatic carbocycles. The Morgan fingerprint density at radius 2 is 1.90 bits per heavy atom. The summed E-state index contributed by atoms with van der Waals surface area (Å²) in [6.07, 6.45) is 0. The largest absolute Gasteiger partial charge is 0.424 e. The van der Waals surface area contributed by atoms with Crippen LogP contribution in [0.1, 0.15) is 36.7 Å². The first-order valence-corrected chi connectivity index (χ1v) is 8.84. The summed E-state index contributed by atoms with van der Waals surface area (Å²) in [5, 5.41) is 9.39. The number of carbonyl (C=O) groups is 1. The second-order valence-corrected chi connectivity index (χ2v) is 6.85. The van der Waals surface area contributed by atoms with Crippen molar-refractivity contribution in [3.05, 3.63) is 29.3 Å². The smallest absolute Gasteiger partial charge is 0.380 e. The van der Waals surface area contributed by atoms with E-state index in [0.29, 0.717) is 30.1 Å². The molecule has 1 rings (SSSR count). The molecule has 0 aliphatic carbocycles. The van der Waals surface area contributed by atoms with Gasteiger partial charge in [0.05, 0.1) is 19.8 Å². The molecule has 0 bridgehead atoms. The van der Waals surface area contributed by atoms with Crippen LogP contribution in [0.5, 0.6) is 5.75 Å². The standard InChI is InChI=1S/C13H19O5PS/c1-4-16-19(20,17-5-2)18-13-7-6-11(10(3)15)8-12(13)9-14/h6-8,14H,4-5,9H2,1-3H3. The summed E-state index contributed by atoms with van der Waals surface area (Å²) in [4.78, 5) is 11.3. The number of rotatable bonds is 8. The van der Waals surface area contributed by atoms with Crippen LogP contribution in [0.3, 0.4) is 0 Å². The summed E-state index contributed by atoms with van der Waals surface area (Å²) in [6.45, 7) is 2.66. The summed E-state index contributed by atoms with van der Waals surface area (Å²) in [6, 6.07) is 4.80. The maximum absolute atomic E-state index is 11.3. The molecule has 1 aromatic rings. The highest BCUT2D eigenvalue weighted by molar-refractivity contribution is 8.07. The number of ketones is 1. The van der Waals surface area contributed by atoms with E-state index in [1.165, 1.54) is 6.92 Å². The van der Waals surface area contributed by atoms with Gasteiger partial charge in [-0.05, 0) is 39.0 Å². The highest BCUT2D eigenvalue weighted by Gasteiger charge is 2.22. The minimum absolute atomic E-state index is 0.0831. The monoisotopic (exact) mass is 318 g/mol. The maximum atomic E-state index is 11.3. The zero-order chi connectivity index (χ0) is 15.2. The SMILES string of the molecule is CCOP(=S)(OCC)Oc1ccc(C(C)=O)cc1CO. The molecule has 0 aliphatic heterocycles. The highest BCUT2D eigenvalue weighted by atomic mass is 32.5. The number of Topliss-reactive ketones (excluding diaryl/α,β-unsaturated/α-hetero) is 1.